The van der Waals surface area contributed by atoms with Crippen LogP contribution >= 0.6 is 11.3 Å². The van der Waals surface area contributed by atoms with Gasteiger partial charge >= 0.3 is 0 Å². The summed E-state index contributed by atoms with van der Waals surface area (Å²) in [6.45, 7) is 9.50. The topological polar surface area (TPSA) is 9.23 Å². The fraction of sp³-hybridized carbons (Fsp3) is 0.333. The predicted octanol–water partition coefficient (Wildman–Crippen LogP) is 5.77. The van der Waals surface area contributed by atoms with Gasteiger partial charge < -0.3 is 4.74 Å². The molecule has 1 nitrogen and oxygen atoms in total. The van der Waals surface area contributed by atoms with Gasteiger partial charge in [0.15, 0.2) is 0 Å². The second kappa shape index (κ2) is 5.10. The molecule has 0 fully saturated rings. The second-order valence-electron chi connectivity index (χ2n) is 5.40. The lowest BCUT2D eigenvalue weighted by atomic mass is 10.0. The average Bonchev–Trinajstić information content (AvgIpc) is 2.83. The van der Waals surface area contributed by atoms with Crippen molar-refractivity contribution in [3.63, 3.8) is 0 Å². The van der Waals surface area contributed by atoms with Crippen LogP contribution in [0.3, 0.4) is 0 Å². The lowest BCUT2D eigenvalue weighted by Gasteiger charge is -2.08. The molecule has 0 spiro atoms. The lowest BCUT2D eigenvalue weighted by Crippen LogP contribution is -1.96. The van der Waals surface area contributed by atoms with Gasteiger partial charge in [-0.25, -0.2) is 0 Å². The van der Waals surface area contributed by atoms with E-state index in [9.17, 15) is 0 Å². The summed E-state index contributed by atoms with van der Waals surface area (Å²) in [7, 11) is 0. The summed E-state index contributed by atoms with van der Waals surface area (Å²) >= 11 is 1.90. The normalized spacial score (nSPS) is 11.4. The Morgan fingerprint density at radius 1 is 0.900 bits per heavy atom. The molecule has 0 radical (unpaired) electrons. The molecule has 20 heavy (non-hydrogen) atoms. The second-order valence-corrected chi connectivity index (χ2v) is 6.42. The van der Waals surface area contributed by atoms with Crippen molar-refractivity contribution < 1.29 is 4.74 Å². The van der Waals surface area contributed by atoms with E-state index in [1.807, 2.05) is 11.3 Å². The summed E-state index contributed by atoms with van der Waals surface area (Å²) < 4.78 is 8.63. The molecule has 0 aliphatic rings. The summed E-state index contributed by atoms with van der Waals surface area (Å²) in [4.78, 5) is 0. The van der Waals surface area contributed by atoms with Crippen molar-refractivity contribution >= 4 is 31.5 Å². The molecule has 0 saturated heterocycles. The number of thiophene rings is 1. The monoisotopic (exact) mass is 284 g/mol. The van der Waals surface area contributed by atoms with Crippen LogP contribution in [0.4, 0.5) is 0 Å². The fourth-order valence-corrected chi connectivity index (χ4v) is 3.97. The van der Waals surface area contributed by atoms with E-state index in [1.54, 1.807) is 0 Å². The summed E-state index contributed by atoms with van der Waals surface area (Å²) in [5.41, 5.74) is 4.04. The van der Waals surface area contributed by atoms with Gasteiger partial charge in [-0.15, -0.1) is 11.3 Å². The molecule has 0 unspecified atom stereocenters. The molecule has 2 heteroatoms. The number of rotatable bonds is 3. The summed E-state index contributed by atoms with van der Waals surface area (Å²) in [6, 6.07) is 8.80. The Balaban J connectivity index is 2.27. The lowest BCUT2D eigenvalue weighted by molar-refractivity contribution is 0.316. The Labute approximate surface area is 124 Å². The van der Waals surface area contributed by atoms with E-state index in [0.717, 1.165) is 18.8 Å². The Hall–Kier alpha value is -1.54. The first kappa shape index (κ1) is 13.4. The van der Waals surface area contributed by atoms with Gasteiger partial charge in [-0.3, -0.25) is 0 Å². The number of hydrogen-bond donors (Lipinski definition) is 0. The molecule has 3 aromatic rings. The summed E-state index contributed by atoms with van der Waals surface area (Å²) in [5, 5.41) is 2.73. The highest BCUT2D eigenvalue weighted by Gasteiger charge is 2.12. The van der Waals surface area contributed by atoms with E-state index in [0.29, 0.717) is 0 Å². The number of fused-ring (bicyclic) bond motifs is 3. The maximum absolute atomic E-state index is 5.85. The number of aryl methyl sites for hydroxylation is 3. The maximum atomic E-state index is 5.85. The molecule has 0 amide bonds. The Kier molecular flexibility index (Phi) is 3.43. The van der Waals surface area contributed by atoms with Crippen LogP contribution in [0, 0.1) is 20.8 Å². The summed E-state index contributed by atoms with van der Waals surface area (Å²) in [6.07, 6.45) is 1.04. The molecule has 2 aromatic carbocycles. The zero-order valence-electron chi connectivity index (χ0n) is 12.5. The van der Waals surface area contributed by atoms with Gasteiger partial charge in [0.25, 0.3) is 0 Å². The molecular weight excluding hydrogens is 264 g/mol. The van der Waals surface area contributed by atoms with Crippen molar-refractivity contribution in [3.8, 4) is 5.75 Å². The standard InChI is InChI=1S/C18H20OS/c1-5-10-19-16-9-8-15-14-7-6-11(2)12(3)17(14)20-18(15)13(16)4/h6-9H,5,10H2,1-4H3. The minimum Gasteiger partial charge on any atom is -0.493 e. The minimum atomic E-state index is 0.787. The van der Waals surface area contributed by atoms with Crippen molar-refractivity contribution in [2.24, 2.45) is 0 Å². The van der Waals surface area contributed by atoms with Crippen LogP contribution in [0.5, 0.6) is 5.75 Å². The van der Waals surface area contributed by atoms with Crippen LogP contribution < -0.4 is 4.74 Å². The van der Waals surface area contributed by atoms with E-state index in [-0.39, 0.29) is 0 Å². The van der Waals surface area contributed by atoms with Crippen LogP contribution in [0.25, 0.3) is 20.2 Å². The highest BCUT2D eigenvalue weighted by molar-refractivity contribution is 7.26. The largest absolute Gasteiger partial charge is 0.493 e. The maximum Gasteiger partial charge on any atom is 0.123 e. The Morgan fingerprint density at radius 2 is 1.55 bits per heavy atom. The number of benzene rings is 2. The third-order valence-corrected chi connectivity index (χ3v) is 5.45. The molecule has 0 atom stereocenters. The molecule has 1 heterocycles. The molecule has 0 aliphatic heterocycles. The minimum absolute atomic E-state index is 0.787. The Morgan fingerprint density at radius 3 is 2.25 bits per heavy atom. The third kappa shape index (κ3) is 1.99. The van der Waals surface area contributed by atoms with Crippen LogP contribution in [-0.2, 0) is 0 Å². The van der Waals surface area contributed by atoms with Crippen molar-refractivity contribution in [3.05, 3.63) is 41.0 Å². The average molecular weight is 284 g/mol. The molecular formula is C18H20OS. The fourth-order valence-electron chi connectivity index (χ4n) is 2.62. The van der Waals surface area contributed by atoms with Crippen LogP contribution in [0.15, 0.2) is 24.3 Å². The quantitative estimate of drug-likeness (QED) is 0.593. The van der Waals surface area contributed by atoms with Gasteiger partial charge in [0, 0.05) is 25.7 Å². The first-order chi connectivity index (χ1) is 9.63. The van der Waals surface area contributed by atoms with Crippen LogP contribution in [0.2, 0.25) is 0 Å². The van der Waals surface area contributed by atoms with E-state index in [2.05, 4.69) is 52.0 Å². The van der Waals surface area contributed by atoms with Crippen molar-refractivity contribution in [2.75, 3.05) is 6.61 Å². The van der Waals surface area contributed by atoms with E-state index < -0.39 is 0 Å². The number of ether oxygens (including phenoxy) is 1. The molecule has 0 bridgehead atoms. The molecule has 3 rings (SSSR count). The molecule has 0 saturated carbocycles. The van der Waals surface area contributed by atoms with Gasteiger partial charge in [0.05, 0.1) is 6.61 Å². The molecule has 1 aromatic heterocycles. The molecule has 0 N–H and O–H groups in total. The first-order valence-corrected chi connectivity index (χ1v) is 8.00. The van der Waals surface area contributed by atoms with Crippen LogP contribution in [0.1, 0.15) is 30.0 Å². The Bertz CT molecular complexity index is 783. The molecule has 0 aliphatic carbocycles. The SMILES string of the molecule is CCCOc1ccc2c(sc3c(C)c(C)ccc32)c1C. The van der Waals surface area contributed by atoms with Gasteiger partial charge in [0.1, 0.15) is 5.75 Å². The van der Waals surface area contributed by atoms with Gasteiger partial charge in [-0.1, -0.05) is 19.1 Å². The van der Waals surface area contributed by atoms with E-state index in [1.165, 1.54) is 36.9 Å². The highest BCUT2D eigenvalue weighted by Crippen LogP contribution is 2.40. The first-order valence-electron chi connectivity index (χ1n) is 7.18. The van der Waals surface area contributed by atoms with Gasteiger partial charge in [-0.2, -0.15) is 0 Å². The zero-order chi connectivity index (χ0) is 14.3. The number of hydrogen-bond acceptors (Lipinski definition) is 2. The smallest absolute Gasteiger partial charge is 0.123 e. The zero-order valence-corrected chi connectivity index (χ0v) is 13.4. The predicted molar refractivity (Wildman–Crippen MR) is 89.3 cm³/mol. The van der Waals surface area contributed by atoms with Gasteiger partial charge in [0.2, 0.25) is 0 Å². The van der Waals surface area contributed by atoms with E-state index >= 15 is 0 Å². The van der Waals surface area contributed by atoms with Crippen molar-refractivity contribution in [1.29, 1.82) is 0 Å². The van der Waals surface area contributed by atoms with Crippen LogP contribution in [-0.4, -0.2) is 6.61 Å². The van der Waals surface area contributed by atoms with E-state index in [4.69, 9.17) is 4.74 Å². The molecule has 104 valence electrons. The third-order valence-electron chi connectivity index (χ3n) is 3.99. The van der Waals surface area contributed by atoms with Crippen molar-refractivity contribution in [1.82, 2.24) is 0 Å². The summed E-state index contributed by atoms with van der Waals surface area (Å²) in [5.74, 6) is 1.03. The van der Waals surface area contributed by atoms with Crippen molar-refractivity contribution in [2.45, 2.75) is 34.1 Å². The highest BCUT2D eigenvalue weighted by atomic mass is 32.1. The van der Waals surface area contributed by atoms with Gasteiger partial charge in [-0.05, 0) is 50.5 Å².